The van der Waals surface area contributed by atoms with Crippen molar-refractivity contribution in [3.63, 3.8) is 0 Å². The van der Waals surface area contributed by atoms with E-state index in [1.807, 2.05) is 81.6 Å². The number of allylic oxidation sites excluding steroid dienone is 3. The van der Waals surface area contributed by atoms with Crippen LogP contribution in [-0.2, 0) is 22.6 Å². The standard InChI is InChI=1S/C36H49N5O4/c1-36(2,3)39-35(45)31-24-40(22-26-12-9-15-37-21-26)16-17-41(31)23-29(42)19-28(18-25-10-5-4-6-11-25)34(44)38-33-30-14-8-7-13-27(30)20-32(33)43/h4-15,21,27-33,42-43H,16-20,22-24H2,1-3H3,(H,38,44)(H,39,45)/t27?,28-,29+,30?,31+,32-,33+/m1/s1. The molecular weight excluding hydrogens is 566 g/mol. The average molecular weight is 616 g/mol. The molecule has 7 atom stereocenters. The maximum absolute atomic E-state index is 13.8. The fraction of sp³-hybridized carbons (Fsp3) is 0.528. The van der Waals surface area contributed by atoms with Crippen LogP contribution in [-0.4, -0.2) is 92.8 Å². The number of carbonyl (C=O) groups excluding carboxylic acids is 2. The van der Waals surface area contributed by atoms with Crippen LogP contribution in [0.15, 0.2) is 79.2 Å². The first-order valence-corrected chi connectivity index (χ1v) is 16.3. The van der Waals surface area contributed by atoms with E-state index in [0.717, 1.165) is 17.7 Å². The van der Waals surface area contributed by atoms with Gasteiger partial charge in [0.05, 0.1) is 18.2 Å². The third kappa shape index (κ3) is 9.10. The van der Waals surface area contributed by atoms with Crippen molar-refractivity contribution in [3.8, 4) is 0 Å². The predicted octanol–water partition coefficient (Wildman–Crippen LogP) is 2.70. The Balaban J connectivity index is 1.27. The van der Waals surface area contributed by atoms with Gasteiger partial charge in [-0.25, -0.2) is 0 Å². The van der Waals surface area contributed by atoms with E-state index in [-0.39, 0.29) is 48.2 Å². The van der Waals surface area contributed by atoms with Crippen molar-refractivity contribution in [1.29, 1.82) is 0 Å². The molecule has 242 valence electrons. The number of rotatable bonds is 11. The summed E-state index contributed by atoms with van der Waals surface area (Å²) < 4.78 is 0. The maximum Gasteiger partial charge on any atom is 0.239 e. The van der Waals surface area contributed by atoms with Crippen LogP contribution >= 0.6 is 0 Å². The lowest BCUT2D eigenvalue weighted by molar-refractivity contribution is -0.132. The quantitative estimate of drug-likeness (QED) is 0.307. The number of pyridine rings is 1. The summed E-state index contributed by atoms with van der Waals surface area (Å²) in [4.78, 5) is 35.9. The van der Waals surface area contributed by atoms with E-state index in [4.69, 9.17) is 0 Å². The Morgan fingerprint density at radius 2 is 1.80 bits per heavy atom. The number of nitrogens with zero attached hydrogens (tertiary/aromatic N) is 3. The van der Waals surface area contributed by atoms with Crippen LogP contribution < -0.4 is 10.6 Å². The smallest absolute Gasteiger partial charge is 0.239 e. The first kappa shape index (κ1) is 33.0. The Kier molecular flexibility index (Phi) is 10.9. The number of hydrogen-bond donors (Lipinski definition) is 4. The van der Waals surface area contributed by atoms with Gasteiger partial charge in [-0.3, -0.25) is 24.4 Å². The number of carbonyl (C=O) groups is 2. The summed E-state index contributed by atoms with van der Waals surface area (Å²) >= 11 is 0. The summed E-state index contributed by atoms with van der Waals surface area (Å²) in [5.74, 6) is -0.453. The van der Waals surface area contributed by atoms with Gasteiger partial charge in [-0.05, 0) is 63.1 Å². The molecule has 1 aromatic carbocycles. The molecule has 0 spiro atoms. The van der Waals surface area contributed by atoms with Gasteiger partial charge < -0.3 is 20.8 Å². The summed E-state index contributed by atoms with van der Waals surface area (Å²) in [6.45, 7) is 8.78. The number of benzene rings is 1. The second-order valence-corrected chi connectivity index (χ2v) is 14.0. The Labute approximate surface area is 267 Å². The summed E-state index contributed by atoms with van der Waals surface area (Å²) in [6.07, 6.45) is 11.7. The molecule has 9 nitrogen and oxygen atoms in total. The van der Waals surface area contributed by atoms with Gasteiger partial charge in [-0.2, -0.15) is 0 Å². The van der Waals surface area contributed by atoms with Crippen molar-refractivity contribution in [3.05, 3.63) is 90.3 Å². The zero-order valence-electron chi connectivity index (χ0n) is 26.8. The highest BCUT2D eigenvalue weighted by Gasteiger charge is 2.42. The van der Waals surface area contributed by atoms with Gasteiger partial charge in [0.15, 0.2) is 0 Å². The van der Waals surface area contributed by atoms with E-state index in [2.05, 4.69) is 37.6 Å². The minimum atomic E-state index is -0.821. The molecule has 3 aliphatic rings. The predicted molar refractivity (Wildman–Crippen MR) is 175 cm³/mol. The largest absolute Gasteiger partial charge is 0.392 e. The van der Waals surface area contributed by atoms with Gasteiger partial charge in [0.1, 0.15) is 6.04 Å². The summed E-state index contributed by atoms with van der Waals surface area (Å²) in [7, 11) is 0. The SMILES string of the molecule is CC(C)(C)NC(=O)[C@@H]1CN(Cc2cccnc2)CCN1C[C@@H](O)C[C@@H](Cc1ccccc1)C(=O)N[C@H]1C2C=CC=CC2C[C@H]1O. The van der Waals surface area contributed by atoms with Gasteiger partial charge >= 0.3 is 0 Å². The van der Waals surface area contributed by atoms with Gasteiger partial charge in [-0.1, -0.05) is 60.7 Å². The second kappa shape index (κ2) is 14.8. The van der Waals surface area contributed by atoms with E-state index < -0.39 is 24.2 Å². The van der Waals surface area contributed by atoms with Crippen LogP contribution in [0.25, 0.3) is 0 Å². The van der Waals surface area contributed by atoms with Crippen LogP contribution in [0.4, 0.5) is 0 Å². The van der Waals surface area contributed by atoms with E-state index in [1.54, 1.807) is 6.20 Å². The summed E-state index contributed by atoms with van der Waals surface area (Å²) in [5, 5.41) is 28.6. The minimum absolute atomic E-state index is 0.0568. The van der Waals surface area contributed by atoms with Crippen LogP contribution in [0.5, 0.6) is 0 Å². The van der Waals surface area contributed by atoms with Crippen molar-refractivity contribution in [2.24, 2.45) is 17.8 Å². The molecule has 9 heteroatoms. The van der Waals surface area contributed by atoms with E-state index in [0.29, 0.717) is 32.5 Å². The number of β-amino-alcohol motifs (C(OH)–C–C–N with tert-alkyl or cyclic N) is 1. The van der Waals surface area contributed by atoms with Gasteiger partial charge in [0, 0.05) is 62.5 Å². The van der Waals surface area contributed by atoms with E-state index >= 15 is 0 Å². The van der Waals surface area contributed by atoms with Crippen LogP contribution in [0.3, 0.4) is 0 Å². The van der Waals surface area contributed by atoms with E-state index in [1.165, 1.54) is 0 Å². The molecule has 45 heavy (non-hydrogen) atoms. The molecular formula is C36H49N5O4. The molecule has 2 aliphatic carbocycles. The van der Waals surface area contributed by atoms with Crippen molar-refractivity contribution in [2.45, 2.75) is 76.4 Å². The fourth-order valence-electron chi connectivity index (χ4n) is 6.99. The lowest BCUT2D eigenvalue weighted by atomic mass is 9.88. The molecule has 2 unspecified atom stereocenters. The van der Waals surface area contributed by atoms with Crippen LogP contribution in [0.1, 0.15) is 44.7 Å². The number of nitrogens with one attached hydrogen (secondary N) is 2. The highest BCUT2D eigenvalue weighted by Crippen LogP contribution is 2.36. The molecule has 4 N–H and O–H groups in total. The number of amides is 2. The van der Waals surface area contributed by atoms with Gasteiger partial charge in [0.2, 0.25) is 11.8 Å². The number of aliphatic hydroxyl groups is 2. The van der Waals surface area contributed by atoms with Crippen LogP contribution in [0, 0.1) is 17.8 Å². The maximum atomic E-state index is 13.8. The number of hydrogen-bond acceptors (Lipinski definition) is 7. The van der Waals surface area contributed by atoms with Gasteiger partial charge in [0.25, 0.3) is 0 Å². The molecule has 0 bridgehead atoms. The van der Waals surface area contributed by atoms with Crippen molar-refractivity contribution >= 4 is 11.8 Å². The lowest BCUT2D eigenvalue weighted by Gasteiger charge is -2.42. The third-order valence-corrected chi connectivity index (χ3v) is 9.15. The Morgan fingerprint density at radius 1 is 1.04 bits per heavy atom. The average Bonchev–Trinajstić information content (AvgIpc) is 3.32. The highest BCUT2D eigenvalue weighted by atomic mass is 16.3. The zero-order chi connectivity index (χ0) is 32.0. The molecule has 0 radical (unpaired) electrons. The van der Waals surface area contributed by atoms with Crippen molar-refractivity contribution in [1.82, 2.24) is 25.4 Å². The number of fused-ring (bicyclic) bond motifs is 1. The molecule has 2 fully saturated rings. The first-order chi connectivity index (χ1) is 21.6. The zero-order valence-corrected chi connectivity index (χ0v) is 26.8. The van der Waals surface area contributed by atoms with Crippen molar-refractivity contribution in [2.75, 3.05) is 26.2 Å². The molecule has 1 aromatic heterocycles. The van der Waals surface area contributed by atoms with Gasteiger partial charge in [-0.15, -0.1) is 0 Å². The molecule has 2 heterocycles. The van der Waals surface area contributed by atoms with E-state index in [9.17, 15) is 19.8 Å². The Morgan fingerprint density at radius 3 is 2.53 bits per heavy atom. The highest BCUT2D eigenvalue weighted by molar-refractivity contribution is 5.83. The molecule has 1 saturated carbocycles. The molecule has 2 aromatic rings. The normalized spacial score (nSPS) is 26.6. The summed E-state index contributed by atoms with van der Waals surface area (Å²) in [5.41, 5.74) is 1.72. The minimum Gasteiger partial charge on any atom is -0.392 e. The second-order valence-electron chi connectivity index (χ2n) is 14.0. The molecule has 5 rings (SSSR count). The molecule has 1 aliphatic heterocycles. The van der Waals surface area contributed by atoms with Crippen molar-refractivity contribution < 1.29 is 19.8 Å². The number of aliphatic hydroxyl groups excluding tert-OH is 2. The topological polar surface area (TPSA) is 118 Å². The first-order valence-electron chi connectivity index (χ1n) is 16.3. The van der Waals surface area contributed by atoms with Crippen LogP contribution in [0.2, 0.25) is 0 Å². The molecule has 1 saturated heterocycles. The number of piperazine rings is 1. The lowest BCUT2D eigenvalue weighted by Crippen LogP contribution is -2.62. The monoisotopic (exact) mass is 615 g/mol. The fourth-order valence-corrected chi connectivity index (χ4v) is 6.99. The molecule has 2 amide bonds. The number of aromatic nitrogens is 1. The Hall–Kier alpha value is -3.37. The Bertz CT molecular complexity index is 1330. The third-order valence-electron chi connectivity index (χ3n) is 9.15. The summed E-state index contributed by atoms with van der Waals surface area (Å²) in [6, 6.07) is 13.0.